The molecule has 4 rings (SSSR count). The van der Waals surface area contributed by atoms with Crippen LogP contribution in [0.2, 0.25) is 0 Å². The first-order valence-electron chi connectivity index (χ1n) is 11.0. The van der Waals surface area contributed by atoms with Crippen molar-refractivity contribution < 1.29 is 23.0 Å². The van der Waals surface area contributed by atoms with Crippen molar-refractivity contribution in [1.82, 2.24) is 20.1 Å². The van der Waals surface area contributed by atoms with E-state index in [1.54, 1.807) is 13.3 Å². The van der Waals surface area contributed by atoms with Crippen molar-refractivity contribution in [3.05, 3.63) is 65.3 Å². The summed E-state index contributed by atoms with van der Waals surface area (Å²) in [7, 11) is 4.36. The van der Waals surface area contributed by atoms with Gasteiger partial charge in [-0.1, -0.05) is 6.08 Å². The maximum atomic E-state index is 14.9. The van der Waals surface area contributed by atoms with Crippen LogP contribution in [-0.2, 0) is 24.1 Å². The number of nitrogens with one attached hydrogen (secondary N) is 1. The fourth-order valence-corrected chi connectivity index (χ4v) is 4.00. The van der Waals surface area contributed by atoms with Crippen molar-refractivity contribution in [1.29, 1.82) is 0 Å². The average Bonchev–Trinajstić information content (AvgIpc) is 3.48. The van der Waals surface area contributed by atoms with Crippen molar-refractivity contribution in [2.75, 3.05) is 41.0 Å². The molecule has 0 radical (unpaired) electrons. The van der Waals surface area contributed by atoms with E-state index in [2.05, 4.69) is 15.4 Å². The summed E-state index contributed by atoms with van der Waals surface area (Å²) < 4.78 is 46.9. The van der Waals surface area contributed by atoms with Crippen LogP contribution in [0, 0.1) is 11.6 Å². The van der Waals surface area contributed by atoms with Gasteiger partial charge in [0.15, 0.2) is 23.1 Å². The van der Waals surface area contributed by atoms with Crippen LogP contribution in [0.3, 0.4) is 0 Å². The highest BCUT2D eigenvalue weighted by Crippen LogP contribution is 2.37. The van der Waals surface area contributed by atoms with E-state index < -0.39 is 11.6 Å². The molecule has 0 aliphatic heterocycles. The Labute approximate surface area is 197 Å². The SMILES string of the molecule is COCCNCCn1cc(-c2cnc3c(c2)C(Cc2c(F)c(OC)cc(OC)c2F)=CC3)cn1. The van der Waals surface area contributed by atoms with Gasteiger partial charge in [0.1, 0.15) is 0 Å². The number of halogens is 2. The van der Waals surface area contributed by atoms with Gasteiger partial charge in [0.05, 0.1) is 39.3 Å². The summed E-state index contributed by atoms with van der Waals surface area (Å²) in [5.74, 6) is -1.55. The Morgan fingerprint density at radius 1 is 1.00 bits per heavy atom. The summed E-state index contributed by atoms with van der Waals surface area (Å²) in [5.41, 5.74) is 4.31. The van der Waals surface area contributed by atoms with Crippen LogP contribution in [0.5, 0.6) is 11.5 Å². The lowest BCUT2D eigenvalue weighted by Gasteiger charge is -2.14. The average molecular weight is 471 g/mol. The summed E-state index contributed by atoms with van der Waals surface area (Å²) in [4.78, 5) is 4.59. The lowest BCUT2D eigenvalue weighted by Crippen LogP contribution is -2.23. The van der Waals surface area contributed by atoms with Gasteiger partial charge in [-0.15, -0.1) is 0 Å². The van der Waals surface area contributed by atoms with Gasteiger partial charge < -0.3 is 19.5 Å². The molecule has 0 amide bonds. The first-order chi connectivity index (χ1) is 16.5. The molecular weight excluding hydrogens is 442 g/mol. The Morgan fingerprint density at radius 3 is 2.47 bits per heavy atom. The third-order valence-corrected chi connectivity index (χ3v) is 5.86. The second kappa shape index (κ2) is 10.8. The first kappa shape index (κ1) is 23.8. The molecule has 1 N–H and O–H groups in total. The zero-order chi connectivity index (χ0) is 24.1. The number of hydrogen-bond donors (Lipinski definition) is 1. The molecule has 9 heteroatoms. The zero-order valence-corrected chi connectivity index (χ0v) is 19.5. The summed E-state index contributed by atoms with van der Waals surface area (Å²) in [6.07, 6.45) is 8.21. The van der Waals surface area contributed by atoms with Gasteiger partial charge in [0.2, 0.25) is 0 Å². The number of ether oxygens (including phenoxy) is 3. The van der Waals surface area contributed by atoms with E-state index in [0.717, 1.165) is 47.6 Å². The van der Waals surface area contributed by atoms with Crippen molar-refractivity contribution in [3.8, 4) is 22.6 Å². The van der Waals surface area contributed by atoms with Crippen LogP contribution >= 0.6 is 0 Å². The third-order valence-electron chi connectivity index (χ3n) is 5.86. The van der Waals surface area contributed by atoms with E-state index in [0.29, 0.717) is 13.0 Å². The standard InChI is InChI=1S/C25H28F2N4O3/c1-32-9-7-28-6-8-31-15-18(14-30-31)17-11-19-16(4-5-21(19)29-13-17)10-20-24(26)22(33-2)12-23(34-3)25(20)27/h4,11-15,28H,5-10H2,1-3H3. The molecule has 1 aromatic carbocycles. The summed E-state index contributed by atoms with van der Waals surface area (Å²) in [6.45, 7) is 2.95. The van der Waals surface area contributed by atoms with E-state index in [4.69, 9.17) is 14.2 Å². The summed E-state index contributed by atoms with van der Waals surface area (Å²) in [5, 5.41) is 7.72. The molecule has 1 aliphatic carbocycles. The number of pyridine rings is 1. The largest absolute Gasteiger partial charge is 0.494 e. The molecule has 0 fully saturated rings. The Morgan fingerprint density at radius 2 is 1.76 bits per heavy atom. The van der Waals surface area contributed by atoms with Gasteiger partial charge >= 0.3 is 0 Å². The Hall–Kier alpha value is -3.30. The van der Waals surface area contributed by atoms with Gasteiger partial charge in [-0.2, -0.15) is 5.10 Å². The second-order valence-electron chi connectivity index (χ2n) is 7.95. The van der Waals surface area contributed by atoms with E-state index in [1.165, 1.54) is 20.3 Å². The highest BCUT2D eigenvalue weighted by Gasteiger charge is 2.24. The quantitative estimate of drug-likeness (QED) is 0.432. The van der Waals surface area contributed by atoms with Crippen LogP contribution < -0.4 is 14.8 Å². The van der Waals surface area contributed by atoms with Gasteiger partial charge in [0, 0.05) is 73.8 Å². The lowest BCUT2D eigenvalue weighted by molar-refractivity contribution is 0.199. The predicted molar refractivity (Wildman–Crippen MR) is 125 cm³/mol. The van der Waals surface area contributed by atoms with Crippen molar-refractivity contribution in [2.24, 2.45) is 0 Å². The van der Waals surface area contributed by atoms with E-state index in [9.17, 15) is 8.78 Å². The van der Waals surface area contributed by atoms with Gasteiger partial charge in [-0.05, 0) is 11.6 Å². The number of benzene rings is 1. The molecule has 7 nitrogen and oxygen atoms in total. The molecule has 34 heavy (non-hydrogen) atoms. The number of allylic oxidation sites excluding steroid dienone is 2. The number of aromatic nitrogens is 3. The topological polar surface area (TPSA) is 70.4 Å². The fraction of sp³-hybridized carbons (Fsp3) is 0.360. The first-order valence-corrected chi connectivity index (χ1v) is 11.0. The number of rotatable bonds is 11. The maximum Gasteiger partial charge on any atom is 0.171 e. The second-order valence-corrected chi connectivity index (χ2v) is 7.95. The van der Waals surface area contributed by atoms with Gasteiger partial charge in [-0.25, -0.2) is 8.78 Å². The van der Waals surface area contributed by atoms with E-state index >= 15 is 0 Å². The molecule has 0 saturated carbocycles. The van der Waals surface area contributed by atoms with E-state index in [1.807, 2.05) is 29.2 Å². The molecule has 3 aromatic rings. The number of hydrogen-bond acceptors (Lipinski definition) is 6. The molecule has 0 unspecified atom stereocenters. The Balaban J connectivity index is 1.54. The van der Waals surface area contributed by atoms with Crippen molar-refractivity contribution in [3.63, 3.8) is 0 Å². The monoisotopic (exact) mass is 470 g/mol. The van der Waals surface area contributed by atoms with Crippen LogP contribution in [0.25, 0.3) is 16.7 Å². The highest BCUT2D eigenvalue weighted by molar-refractivity contribution is 5.77. The zero-order valence-electron chi connectivity index (χ0n) is 19.5. The normalized spacial score (nSPS) is 12.6. The lowest BCUT2D eigenvalue weighted by atomic mass is 9.97. The number of fused-ring (bicyclic) bond motifs is 1. The summed E-state index contributed by atoms with van der Waals surface area (Å²) >= 11 is 0. The molecule has 1 aliphatic rings. The maximum absolute atomic E-state index is 14.9. The molecule has 0 saturated heterocycles. The van der Waals surface area contributed by atoms with E-state index in [-0.39, 0.29) is 23.5 Å². The van der Waals surface area contributed by atoms with Gasteiger partial charge in [0.25, 0.3) is 0 Å². The predicted octanol–water partition coefficient (Wildman–Crippen LogP) is 3.66. The molecular formula is C25H28F2N4O3. The molecule has 0 atom stereocenters. The molecule has 2 heterocycles. The molecule has 0 bridgehead atoms. The minimum absolute atomic E-state index is 0.0527. The fourth-order valence-electron chi connectivity index (χ4n) is 4.00. The number of methoxy groups -OCH3 is 3. The van der Waals surface area contributed by atoms with Crippen molar-refractivity contribution >= 4 is 5.57 Å². The number of nitrogens with zero attached hydrogens (tertiary/aromatic N) is 3. The van der Waals surface area contributed by atoms with Crippen LogP contribution in [0.1, 0.15) is 16.8 Å². The van der Waals surface area contributed by atoms with Crippen molar-refractivity contribution in [2.45, 2.75) is 19.4 Å². The molecule has 2 aromatic heterocycles. The third kappa shape index (κ3) is 4.95. The molecule has 180 valence electrons. The Bertz CT molecular complexity index is 1160. The highest BCUT2D eigenvalue weighted by atomic mass is 19.1. The van der Waals surface area contributed by atoms with Crippen LogP contribution in [-0.4, -0.2) is 55.8 Å². The van der Waals surface area contributed by atoms with Crippen LogP contribution in [0.15, 0.2) is 36.8 Å². The summed E-state index contributed by atoms with van der Waals surface area (Å²) in [6, 6.07) is 3.22. The Kier molecular flexibility index (Phi) is 7.54. The minimum Gasteiger partial charge on any atom is -0.494 e. The molecule has 0 spiro atoms. The minimum atomic E-state index is -0.723. The smallest absolute Gasteiger partial charge is 0.171 e. The van der Waals surface area contributed by atoms with Crippen LogP contribution in [0.4, 0.5) is 8.78 Å². The van der Waals surface area contributed by atoms with Gasteiger partial charge in [-0.3, -0.25) is 9.67 Å².